The molecule has 0 aliphatic heterocycles. The van der Waals surface area contributed by atoms with Crippen molar-refractivity contribution in [1.29, 1.82) is 0 Å². The summed E-state index contributed by atoms with van der Waals surface area (Å²) in [5.74, 6) is 0.0591. The van der Waals surface area contributed by atoms with Gasteiger partial charge in [0.15, 0.2) is 0 Å². The van der Waals surface area contributed by atoms with E-state index in [0.717, 1.165) is 5.56 Å². The van der Waals surface area contributed by atoms with E-state index < -0.39 is 0 Å². The van der Waals surface area contributed by atoms with E-state index in [1.54, 1.807) is 41.2 Å². The minimum Gasteiger partial charge on any atom is -0.310 e. The van der Waals surface area contributed by atoms with Crippen LogP contribution >= 0.6 is 11.6 Å². The molecule has 0 radical (unpaired) electrons. The number of benzene rings is 2. The summed E-state index contributed by atoms with van der Waals surface area (Å²) >= 11 is 6.01. The van der Waals surface area contributed by atoms with E-state index >= 15 is 0 Å². The lowest BCUT2D eigenvalue weighted by Crippen LogP contribution is -2.31. The van der Waals surface area contributed by atoms with Gasteiger partial charge in [-0.3, -0.25) is 4.79 Å². The zero-order chi connectivity index (χ0) is 19.2. The second-order valence-electron chi connectivity index (χ2n) is 6.18. The molecular weight excluding hydrogens is 367 g/mol. The molecule has 0 aliphatic carbocycles. The van der Waals surface area contributed by atoms with Crippen LogP contribution in [0, 0.1) is 5.82 Å². The van der Waals surface area contributed by atoms with Crippen LogP contribution in [-0.2, 0) is 11.3 Å². The summed E-state index contributed by atoms with van der Waals surface area (Å²) in [5, 5.41) is 10.7. The number of nitrogens with zero attached hydrogens (tertiary/aromatic N) is 2. The number of hydrogen-bond donors (Lipinski definition) is 2. The zero-order valence-corrected chi connectivity index (χ0v) is 15.6. The molecule has 7 heteroatoms. The predicted molar refractivity (Wildman–Crippen MR) is 104 cm³/mol. The molecule has 1 heterocycles. The Balaban J connectivity index is 1.57. The van der Waals surface area contributed by atoms with Crippen LogP contribution in [0.5, 0.6) is 0 Å². The van der Waals surface area contributed by atoms with E-state index in [2.05, 4.69) is 15.7 Å². The van der Waals surface area contributed by atoms with Crippen LogP contribution in [0.4, 0.5) is 10.2 Å². The Bertz CT molecular complexity index is 928. The number of aromatic nitrogens is 2. The summed E-state index contributed by atoms with van der Waals surface area (Å²) in [4.78, 5) is 12.3. The number of carbonyl (C=O) groups is 1. The highest BCUT2D eigenvalue weighted by atomic mass is 35.5. The molecule has 5 nitrogen and oxygen atoms in total. The lowest BCUT2D eigenvalue weighted by Gasteiger charge is -2.15. The second-order valence-corrected chi connectivity index (χ2v) is 6.61. The molecule has 140 valence electrons. The molecule has 0 bridgehead atoms. The summed E-state index contributed by atoms with van der Waals surface area (Å²) < 4.78 is 15.5. The van der Waals surface area contributed by atoms with Gasteiger partial charge in [-0.15, -0.1) is 0 Å². The maximum atomic E-state index is 13.8. The van der Waals surface area contributed by atoms with Crippen molar-refractivity contribution in [2.75, 3.05) is 11.9 Å². The van der Waals surface area contributed by atoms with Gasteiger partial charge in [0.05, 0.1) is 19.3 Å². The highest BCUT2D eigenvalue weighted by molar-refractivity contribution is 6.30. The van der Waals surface area contributed by atoms with E-state index in [-0.39, 0.29) is 24.3 Å². The average Bonchev–Trinajstić information content (AvgIpc) is 3.06. The second kappa shape index (κ2) is 8.79. The van der Waals surface area contributed by atoms with Gasteiger partial charge in [-0.25, -0.2) is 9.07 Å². The third-order valence-corrected chi connectivity index (χ3v) is 4.38. The van der Waals surface area contributed by atoms with Crippen molar-refractivity contribution in [2.45, 2.75) is 19.5 Å². The molecule has 0 aliphatic rings. The third-order valence-electron chi connectivity index (χ3n) is 4.15. The van der Waals surface area contributed by atoms with Gasteiger partial charge in [-0.05, 0) is 30.7 Å². The minimum absolute atomic E-state index is 0.0534. The molecular formula is C20H20ClFN4O. The van der Waals surface area contributed by atoms with Gasteiger partial charge in [-0.2, -0.15) is 5.10 Å². The van der Waals surface area contributed by atoms with Crippen LogP contribution in [-0.4, -0.2) is 22.2 Å². The highest BCUT2D eigenvalue weighted by Gasteiger charge is 2.13. The predicted octanol–water partition coefficient (Wildman–Crippen LogP) is 4.01. The molecule has 1 amide bonds. The molecule has 0 saturated carbocycles. The summed E-state index contributed by atoms with van der Waals surface area (Å²) in [6, 6.07) is 15.4. The molecule has 1 atom stereocenters. The average molecular weight is 387 g/mol. The molecule has 0 fully saturated rings. The number of carbonyl (C=O) groups excluding carboxylic acids is 1. The largest absolute Gasteiger partial charge is 0.310 e. The molecule has 3 rings (SSSR count). The normalized spacial score (nSPS) is 12.0. The number of rotatable bonds is 7. The first-order chi connectivity index (χ1) is 13.0. The van der Waals surface area contributed by atoms with Crippen molar-refractivity contribution in [3.8, 4) is 0 Å². The Labute approximate surface area is 162 Å². The third kappa shape index (κ3) is 5.15. The van der Waals surface area contributed by atoms with Gasteiger partial charge in [0.25, 0.3) is 0 Å². The number of halogens is 2. The van der Waals surface area contributed by atoms with Crippen molar-refractivity contribution >= 4 is 23.3 Å². The van der Waals surface area contributed by atoms with Crippen LogP contribution in [0.2, 0.25) is 5.02 Å². The lowest BCUT2D eigenvalue weighted by atomic mass is 10.1. The first kappa shape index (κ1) is 19.1. The Morgan fingerprint density at radius 2 is 2.04 bits per heavy atom. The van der Waals surface area contributed by atoms with E-state index in [0.29, 0.717) is 22.9 Å². The number of amides is 1. The molecule has 1 unspecified atom stereocenters. The summed E-state index contributed by atoms with van der Waals surface area (Å²) in [6.45, 7) is 2.36. The topological polar surface area (TPSA) is 59.0 Å². The van der Waals surface area contributed by atoms with Crippen LogP contribution in [0.15, 0.2) is 60.8 Å². The maximum absolute atomic E-state index is 13.8. The smallest absolute Gasteiger partial charge is 0.239 e. The van der Waals surface area contributed by atoms with E-state index in [1.807, 2.05) is 25.1 Å². The lowest BCUT2D eigenvalue weighted by molar-refractivity contribution is -0.115. The molecule has 0 saturated heterocycles. The number of hydrogen-bond acceptors (Lipinski definition) is 3. The molecule has 2 N–H and O–H groups in total. The summed E-state index contributed by atoms with van der Waals surface area (Å²) in [7, 11) is 0. The summed E-state index contributed by atoms with van der Waals surface area (Å²) in [6.07, 6.45) is 1.62. The first-order valence-electron chi connectivity index (χ1n) is 8.57. The van der Waals surface area contributed by atoms with Crippen LogP contribution in [0.3, 0.4) is 0 Å². The molecule has 0 spiro atoms. The number of anilines is 1. The van der Waals surface area contributed by atoms with Crippen molar-refractivity contribution in [1.82, 2.24) is 15.1 Å². The van der Waals surface area contributed by atoms with Gasteiger partial charge in [0, 0.05) is 22.7 Å². The van der Waals surface area contributed by atoms with E-state index in [9.17, 15) is 9.18 Å². The fourth-order valence-electron chi connectivity index (χ4n) is 2.74. The van der Waals surface area contributed by atoms with Crippen molar-refractivity contribution in [3.05, 3.63) is 82.8 Å². The standard InChI is InChI=1S/C20H20ClFN4O/c1-14(17-7-2-3-8-18(17)22)23-12-20(27)25-19-9-10-24-26(19)13-15-5-4-6-16(21)11-15/h2-11,14,23H,12-13H2,1H3,(H,25,27). The van der Waals surface area contributed by atoms with Crippen molar-refractivity contribution in [3.63, 3.8) is 0 Å². The Morgan fingerprint density at radius 1 is 1.22 bits per heavy atom. The Hall–Kier alpha value is -2.70. The van der Waals surface area contributed by atoms with Crippen LogP contribution in [0.1, 0.15) is 24.1 Å². The van der Waals surface area contributed by atoms with Gasteiger partial charge in [0.2, 0.25) is 5.91 Å². The monoisotopic (exact) mass is 386 g/mol. The maximum Gasteiger partial charge on any atom is 0.239 e. The van der Waals surface area contributed by atoms with Crippen LogP contribution in [0.25, 0.3) is 0 Å². The zero-order valence-electron chi connectivity index (χ0n) is 14.8. The minimum atomic E-state index is -0.294. The number of nitrogens with one attached hydrogen (secondary N) is 2. The van der Waals surface area contributed by atoms with Crippen LogP contribution < -0.4 is 10.6 Å². The first-order valence-corrected chi connectivity index (χ1v) is 8.94. The van der Waals surface area contributed by atoms with Gasteiger partial charge in [0.1, 0.15) is 11.6 Å². The fourth-order valence-corrected chi connectivity index (χ4v) is 2.96. The highest BCUT2D eigenvalue weighted by Crippen LogP contribution is 2.16. The summed E-state index contributed by atoms with van der Waals surface area (Å²) in [5.41, 5.74) is 1.50. The Morgan fingerprint density at radius 3 is 2.81 bits per heavy atom. The molecule has 1 aromatic heterocycles. The van der Waals surface area contributed by atoms with Gasteiger partial charge < -0.3 is 10.6 Å². The molecule has 2 aromatic carbocycles. The van der Waals surface area contributed by atoms with Crippen molar-refractivity contribution < 1.29 is 9.18 Å². The fraction of sp³-hybridized carbons (Fsp3) is 0.200. The van der Waals surface area contributed by atoms with E-state index in [1.165, 1.54) is 6.07 Å². The van der Waals surface area contributed by atoms with E-state index in [4.69, 9.17) is 11.6 Å². The quantitative estimate of drug-likeness (QED) is 0.645. The molecule has 3 aromatic rings. The Kier molecular flexibility index (Phi) is 6.21. The van der Waals surface area contributed by atoms with Gasteiger partial charge in [-0.1, -0.05) is 41.9 Å². The van der Waals surface area contributed by atoms with Gasteiger partial charge >= 0.3 is 0 Å². The molecule has 27 heavy (non-hydrogen) atoms. The SMILES string of the molecule is CC(NCC(=O)Nc1ccnn1Cc1cccc(Cl)c1)c1ccccc1F. The van der Waals surface area contributed by atoms with Crippen molar-refractivity contribution in [2.24, 2.45) is 0 Å².